The van der Waals surface area contributed by atoms with Crippen LogP contribution in [0.4, 0.5) is 4.39 Å². The Bertz CT molecular complexity index is 745. The summed E-state index contributed by atoms with van der Waals surface area (Å²) in [6, 6.07) is 5.88. The number of benzene rings is 1. The van der Waals surface area contributed by atoms with Crippen LogP contribution < -0.4 is 4.74 Å². The first-order chi connectivity index (χ1) is 17.2. The van der Waals surface area contributed by atoms with Crippen molar-refractivity contribution < 1.29 is 9.13 Å². The Labute approximate surface area is 216 Å². The fourth-order valence-electron chi connectivity index (χ4n) is 6.55. The topological polar surface area (TPSA) is 9.23 Å². The van der Waals surface area contributed by atoms with Crippen LogP contribution in [-0.4, -0.2) is 6.61 Å². The Morgan fingerprint density at radius 3 is 2.40 bits per heavy atom. The Kier molecular flexibility index (Phi) is 12.7. The molecule has 1 atom stereocenters. The van der Waals surface area contributed by atoms with Gasteiger partial charge in [0.2, 0.25) is 0 Å². The van der Waals surface area contributed by atoms with Gasteiger partial charge in [-0.1, -0.05) is 89.4 Å². The van der Waals surface area contributed by atoms with E-state index in [9.17, 15) is 0 Å². The Morgan fingerprint density at radius 2 is 1.69 bits per heavy atom. The SMILES string of the molecule is CCCCCCOc1ccc(C(CCC2(CCCCC)CCCCC2)CC2=CCCCC2)cc1F. The number of allylic oxidation sites excluding steroid dienone is 2. The van der Waals surface area contributed by atoms with Crippen LogP contribution in [0.2, 0.25) is 0 Å². The van der Waals surface area contributed by atoms with E-state index >= 15 is 4.39 Å². The van der Waals surface area contributed by atoms with Gasteiger partial charge in [0.1, 0.15) is 0 Å². The maximum Gasteiger partial charge on any atom is 0.165 e. The first kappa shape index (κ1) is 28.3. The average Bonchev–Trinajstić information content (AvgIpc) is 2.88. The van der Waals surface area contributed by atoms with Gasteiger partial charge in [-0.2, -0.15) is 0 Å². The highest BCUT2D eigenvalue weighted by Crippen LogP contribution is 2.47. The molecule has 0 saturated heterocycles. The molecule has 2 heteroatoms. The monoisotopic (exact) mass is 484 g/mol. The first-order valence-electron chi connectivity index (χ1n) is 15.3. The molecule has 1 fully saturated rings. The van der Waals surface area contributed by atoms with Crippen molar-refractivity contribution in [2.75, 3.05) is 6.61 Å². The van der Waals surface area contributed by atoms with Gasteiger partial charge in [0.25, 0.3) is 0 Å². The predicted octanol–water partition coefficient (Wildman–Crippen LogP) is 11.1. The molecule has 1 aromatic rings. The minimum Gasteiger partial charge on any atom is -0.491 e. The van der Waals surface area contributed by atoms with Gasteiger partial charge in [-0.3, -0.25) is 0 Å². The average molecular weight is 485 g/mol. The molecular weight excluding hydrogens is 431 g/mol. The van der Waals surface area contributed by atoms with Gasteiger partial charge < -0.3 is 4.74 Å². The molecule has 2 aliphatic carbocycles. The summed E-state index contributed by atoms with van der Waals surface area (Å²) >= 11 is 0. The maximum absolute atomic E-state index is 15.1. The van der Waals surface area contributed by atoms with Crippen LogP contribution in [0.3, 0.4) is 0 Å². The molecule has 0 radical (unpaired) electrons. The summed E-state index contributed by atoms with van der Waals surface area (Å²) in [5, 5.41) is 0. The summed E-state index contributed by atoms with van der Waals surface area (Å²) in [7, 11) is 0. The van der Waals surface area contributed by atoms with Gasteiger partial charge in [-0.25, -0.2) is 4.39 Å². The molecule has 198 valence electrons. The summed E-state index contributed by atoms with van der Waals surface area (Å²) in [5.41, 5.74) is 3.33. The summed E-state index contributed by atoms with van der Waals surface area (Å²) in [4.78, 5) is 0. The minimum absolute atomic E-state index is 0.170. The van der Waals surface area contributed by atoms with Crippen LogP contribution in [0.1, 0.15) is 154 Å². The third-order valence-corrected chi connectivity index (χ3v) is 8.82. The molecule has 1 unspecified atom stereocenters. The number of hydrogen-bond acceptors (Lipinski definition) is 1. The molecular formula is C33H53FO. The van der Waals surface area contributed by atoms with Crippen molar-refractivity contribution in [3.8, 4) is 5.75 Å². The predicted molar refractivity (Wildman–Crippen MR) is 149 cm³/mol. The molecule has 0 amide bonds. The maximum atomic E-state index is 15.1. The molecule has 1 aromatic carbocycles. The fourth-order valence-corrected chi connectivity index (χ4v) is 6.55. The Balaban J connectivity index is 1.69. The van der Waals surface area contributed by atoms with Gasteiger partial charge in [0, 0.05) is 0 Å². The number of halogens is 1. The van der Waals surface area contributed by atoms with Crippen LogP contribution in [0.25, 0.3) is 0 Å². The van der Waals surface area contributed by atoms with Gasteiger partial charge in [0.05, 0.1) is 6.61 Å². The summed E-state index contributed by atoms with van der Waals surface area (Å²) in [6.07, 6.45) is 28.3. The van der Waals surface area contributed by atoms with Gasteiger partial charge in [-0.05, 0) is 99.7 Å². The summed E-state index contributed by atoms with van der Waals surface area (Å²) < 4.78 is 20.9. The van der Waals surface area contributed by atoms with Crippen molar-refractivity contribution in [2.45, 2.75) is 148 Å². The Hall–Kier alpha value is -1.31. The fraction of sp³-hybridized carbons (Fsp3) is 0.758. The number of unbranched alkanes of at least 4 members (excludes halogenated alkanes) is 5. The van der Waals surface area contributed by atoms with E-state index in [1.807, 2.05) is 6.07 Å². The lowest BCUT2D eigenvalue weighted by atomic mass is 9.66. The Morgan fingerprint density at radius 1 is 0.886 bits per heavy atom. The highest BCUT2D eigenvalue weighted by atomic mass is 19.1. The number of hydrogen-bond donors (Lipinski definition) is 0. The number of ether oxygens (including phenoxy) is 1. The van der Waals surface area contributed by atoms with Crippen LogP contribution in [0.15, 0.2) is 29.8 Å². The van der Waals surface area contributed by atoms with Gasteiger partial charge >= 0.3 is 0 Å². The third-order valence-electron chi connectivity index (χ3n) is 8.82. The van der Waals surface area contributed by atoms with Crippen molar-refractivity contribution in [1.82, 2.24) is 0 Å². The third kappa shape index (κ3) is 9.58. The van der Waals surface area contributed by atoms with E-state index in [0.717, 1.165) is 19.3 Å². The molecule has 0 spiro atoms. The zero-order chi connectivity index (χ0) is 24.8. The minimum atomic E-state index is -0.170. The van der Waals surface area contributed by atoms with E-state index < -0.39 is 0 Å². The van der Waals surface area contributed by atoms with Crippen molar-refractivity contribution in [3.05, 3.63) is 41.2 Å². The van der Waals surface area contributed by atoms with Crippen LogP contribution >= 0.6 is 0 Å². The molecule has 2 aliphatic rings. The van der Waals surface area contributed by atoms with Crippen molar-refractivity contribution in [3.63, 3.8) is 0 Å². The highest BCUT2D eigenvalue weighted by molar-refractivity contribution is 5.32. The molecule has 35 heavy (non-hydrogen) atoms. The lowest BCUT2D eigenvalue weighted by Crippen LogP contribution is -2.25. The smallest absolute Gasteiger partial charge is 0.165 e. The van der Waals surface area contributed by atoms with Crippen LogP contribution in [0.5, 0.6) is 5.75 Å². The van der Waals surface area contributed by atoms with Crippen molar-refractivity contribution in [2.24, 2.45) is 5.41 Å². The van der Waals surface area contributed by atoms with Crippen molar-refractivity contribution in [1.29, 1.82) is 0 Å². The van der Waals surface area contributed by atoms with E-state index in [1.54, 1.807) is 11.6 Å². The molecule has 1 nitrogen and oxygen atoms in total. The standard InChI is InChI=1S/C33H53FO/c1-3-5-7-15-25-35-32-19-18-29(27-31(32)34)30(26-28-16-10-8-11-17-28)20-24-33(21-12-6-4-2)22-13-9-14-23-33/h16,18-19,27,30H,3-15,17,20-26H2,1-2H3. The van der Waals surface area contributed by atoms with Crippen LogP contribution in [0, 0.1) is 11.2 Å². The largest absolute Gasteiger partial charge is 0.491 e. The molecule has 0 aromatic heterocycles. The molecule has 0 N–H and O–H groups in total. The lowest BCUT2D eigenvalue weighted by Gasteiger charge is -2.39. The quantitative estimate of drug-likeness (QED) is 0.167. The molecule has 1 saturated carbocycles. The van der Waals surface area contributed by atoms with E-state index in [-0.39, 0.29) is 5.82 Å². The van der Waals surface area contributed by atoms with E-state index in [4.69, 9.17) is 4.74 Å². The molecule has 0 bridgehead atoms. The normalized spacial score (nSPS) is 18.8. The van der Waals surface area contributed by atoms with Crippen molar-refractivity contribution >= 4 is 0 Å². The molecule has 3 rings (SSSR count). The van der Waals surface area contributed by atoms with Crippen LogP contribution in [-0.2, 0) is 0 Å². The van der Waals surface area contributed by atoms with Gasteiger partial charge in [-0.15, -0.1) is 0 Å². The summed E-state index contributed by atoms with van der Waals surface area (Å²) in [6.45, 7) is 5.14. The van der Waals surface area contributed by atoms with E-state index in [2.05, 4.69) is 26.0 Å². The summed E-state index contributed by atoms with van der Waals surface area (Å²) in [5.74, 6) is 0.692. The second-order valence-electron chi connectivity index (χ2n) is 11.7. The molecule has 0 aliphatic heterocycles. The zero-order valence-electron chi connectivity index (χ0n) is 23.0. The van der Waals surface area contributed by atoms with E-state index in [0.29, 0.717) is 23.7 Å². The second-order valence-corrected chi connectivity index (χ2v) is 11.7. The second kappa shape index (κ2) is 15.7. The van der Waals surface area contributed by atoms with Gasteiger partial charge in [0.15, 0.2) is 11.6 Å². The first-order valence-corrected chi connectivity index (χ1v) is 15.3. The number of rotatable bonds is 16. The molecule has 0 heterocycles. The highest BCUT2D eigenvalue weighted by Gasteiger charge is 2.32. The van der Waals surface area contributed by atoms with E-state index in [1.165, 1.54) is 115 Å². The lowest BCUT2D eigenvalue weighted by molar-refractivity contribution is 0.144. The zero-order valence-corrected chi connectivity index (χ0v) is 23.0.